The van der Waals surface area contributed by atoms with E-state index in [0.29, 0.717) is 13.7 Å². The molecule has 0 aromatic carbocycles. The Morgan fingerprint density at radius 1 is 0.407 bits per heavy atom. The Morgan fingerprint density at radius 2 is 0.654 bits per heavy atom. The molecule has 0 bridgehead atoms. The number of aromatic nitrogens is 8. The van der Waals surface area contributed by atoms with Crippen molar-refractivity contribution in [1.29, 1.82) is 0 Å². The van der Waals surface area contributed by atoms with Gasteiger partial charge in [0.1, 0.15) is 96.5 Å². The van der Waals surface area contributed by atoms with Crippen LogP contribution in [0.4, 0.5) is 23.3 Å². The zero-order valence-corrected chi connectivity index (χ0v) is 44.2. The number of nitrogens with two attached hydrogens (primary N) is 4. The topological polar surface area (TPSA) is 616 Å². The van der Waals surface area contributed by atoms with Crippen LogP contribution in [0.5, 0.6) is 0 Å². The maximum absolute atomic E-state index is 13.9. The van der Waals surface area contributed by atoms with Crippen molar-refractivity contribution >= 4 is 54.6 Å². The van der Waals surface area contributed by atoms with Gasteiger partial charge < -0.3 is 91.9 Å². The van der Waals surface area contributed by atoms with E-state index >= 15 is 0 Å². The van der Waals surface area contributed by atoms with E-state index in [1.165, 1.54) is 6.07 Å². The third kappa shape index (κ3) is 14.4. The molecule has 0 saturated carbocycles. The van der Waals surface area contributed by atoms with Crippen LogP contribution in [0, 0.1) is 0 Å². The van der Waals surface area contributed by atoms with Gasteiger partial charge in [-0.1, -0.05) is 0 Å². The monoisotopic (exact) mass is 1240 g/mol. The summed E-state index contributed by atoms with van der Waals surface area (Å²) in [5.41, 5.74) is 17.7. The number of phosphoric acid groups is 4. The minimum Gasteiger partial charge on any atom is -0.387 e. The van der Waals surface area contributed by atoms with Crippen molar-refractivity contribution in [2.24, 2.45) is 0 Å². The zero-order valence-electron chi connectivity index (χ0n) is 40.6. The van der Waals surface area contributed by atoms with E-state index in [0.717, 1.165) is 47.6 Å². The molecule has 8 heterocycles. The molecular formula is C36H50N12O29P4. The molecule has 4 aliphatic heterocycles. The fourth-order valence-corrected chi connectivity index (χ4v) is 11.7. The minimum atomic E-state index is -5.79. The second-order valence-corrected chi connectivity index (χ2v) is 23.1. The number of nitrogens with zero attached hydrogens (tertiary/aromatic N) is 8. The van der Waals surface area contributed by atoms with Crippen molar-refractivity contribution in [2.75, 3.05) is 49.4 Å². The minimum absolute atomic E-state index is 0.193. The maximum atomic E-state index is 13.9. The molecule has 18 N–H and O–H groups in total. The summed E-state index contributed by atoms with van der Waals surface area (Å²) in [6.45, 7) is -4.87. The quantitative estimate of drug-likeness (QED) is 0.0325. The second-order valence-electron chi connectivity index (χ2n) is 17.7. The van der Waals surface area contributed by atoms with Gasteiger partial charge in [0.2, 0.25) is 0 Å². The summed E-state index contributed by atoms with van der Waals surface area (Å²) < 4.78 is 113. The molecular weight excluding hydrogens is 1190 g/mol. The molecule has 0 aliphatic carbocycles. The molecule has 0 radical (unpaired) electrons. The Bertz CT molecular complexity index is 3390. The highest BCUT2D eigenvalue weighted by Crippen LogP contribution is 2.54. The lowest BCUT2D eigenvalue weighted by Crippen LogP contribution is -2.39. The average molecular weight is 1240 g/mol. The van der Waals surface area contributed by atoms with Gasteiger partial charge in [0, 0.05) is 24.8 Å². The Balaban J connectivity index is 0.992. The molecule has 448 valence electrons. The SMILES string of the molecule is Nc1ccn(C2OC(COP(=O)(O)OC3C(COP(=O)(O)OC4C(COP(=O)(O)OC5C(COP(=O)(O)O)OC(n6ccc(N)nc6=O)C5O)OC(n5ccc(N)nc5=O)C4O)OC(n4ccc(N)nc4=O)C3O)C(O)C2O)c(=O)n1. The summed E-state index contributed by atoms with van der Waals surface area (Å²) in [4.78, 5) is 116. The van der Waals surface area contributed by atoms with Crippen LogP contribution in [0.1, 0.15) is 24.9 Å². The number of ether oxygens (including phenoxy) is 4. The number of rotatable bonds is 22. The lowest BCUT2D eigenvalue weighted by Gasteiger charge is -2.26. The molecule has 0 amide bonds. The first kappa shape index (κ1) is 61.9. The highest BCUT2D eigenvalue weighted by atomic mass is 31.2. The summed E-state index contributed by atoms with van der Waals surface area (Å²) in [6.07, 6.45) is -27.9. The number of nitrogen functional groups attached to an aromatic ring is 4. The predicted molar refractivity (Wildman–Crippen MR) is 257 cm³/mol. The van der Waals surface area contributed by atoms with Gasteiger partial charge >= 0.3 is 54.0 Å². The summed E-state index contributed by atoms with van der Waals surface area (Å²) in [5, 5.41) is 55.4. The summed E-state index contributed by atoms with van der Waals surface area (Å²) >= 11 is 0. The number of hydrogen-bond donors (Lipinski definition) is 14. The number of anilines is 4. The highest BCUT2D eigenvalue weighted by Gasteiger charge is 2.55. The molecule has 45 heteroatoms. The Kier molecular flexibility index (Phi) is 18.5. The van der Waals surface area contributed by atoms with Crippen LogP contribution >= 0.6 is 31.3 Å². The van der Waals surface area contributed by atoms with Crippen LogP contribution in [0.25, 0.3) is 0 Å². The van der Waals surface area contributed by atoms with Crippen molar-refractivity contribution in [3.63, 3.8) is 0 Å². The van der Waals surface area contributed by atoms with Crippen molar-refractivity contribution in [2.45, 2.75) is 98.2 Å². The van der Waals surface area contributed by atoms with E-state index in [9.17, 15) is 87.4 Å². The Morgan fingerprint density at radius 3 is 0.926 bits per heavy atom. The number of aliphatic hydroxyl groups is 5. The van der Waals surface area contributed by atoms with E-state index in [2.05, 4.69) is 24.5 Å². The normalized spacial score (nSPS) is 32.8. The van der Waals surface area contributed by atoms with Crippen LogP contribution < -0.4 is 45.7 Å². The number of phosphoric ester groups is 4. The smallest absolute Gasteiger partial charge is 0.387 e. The molecule has 4 saturated heterocycles. The zero-order chi connectivity index (χ0) is 59.3. The van der Waals surface area contributed by atoms with Gasteiger partial charge in [-0.05, 0) is 24.3 Å². The van der Waals surface area contributed by atoms with E-state index in [4.69, 9.17) is 69.0 Å². The largest absolute Gasteiger partial charge is 0.472 e. The molecule has 41 nitrogen and oxygen atoms in total. The lowest BCUT2D eigenvalue weighted by molar-refractivity contribution is -0.0656. The van der Waals surface area contributed by atoms with Crippen LogP contribution in [-0.2, 0) is 68.9 Å². The average Bonchev–Trinajstić information content (AvgIpc) is 4.11. The highest BCUT2D eigenvalue weighted by molar-refractivity contribution is 7.48. The van der Waals surface area contributed by atoms with Crippen LogP contribution in [0.3, 0.4) is 0 Å². The molecule has 81 heavy (non-hydrogen) atoms. The maximum Gasteiger partial charge on any atom is 0.472 e. The Labute approximate surface area is 449 Å². The van der Waals surface area contributed by atoms with Crippen molar-refractivity contribution < 1.29 is 119 Å². The van der Waals surface area contributed by atoms with E-state index < -0.39 is 179 Å². The first-order chi connectivity index (χ1) is 37.8. The van der Waals surface area contributed by atoms with Crippen molar-refractivity contribution in [3.8, 4) is 0 Å². The third-order valence-electron chi connectivity index (χ3n) is 12.1. The molecule has 0 spiro atoms. The molecule has 19 atom stereocenters. The van der Waals surface area contributed by atoms with Gasteiger partial charge in [-0.15, -0.1) is 0 Å². The fourth-order valence-electron chi connectivity index (χ4n) is 8.44. The van der Waals surface area contributed by atoms with E-state index in [-0.39, 0.29) is 23.3 Å². The fraction of sp³-hybridized carbons (Fsp3) is 0.556. The predicted octanol–water partition coefficient (Wildman–Crippen LogP) is -6.65. The lowest BCUT2D eigenvalue weighted by atomic mass is 10.1. The van der Waals surface area contributed by atoms with Crippen molar-refractivity contribution in [3.05, 3.63) is 91.0 Å². The molecule has 4 aromatic heterocycles. The summed E-state index contributed by atoms with van der Waals surface area (Å²) in [5.74, 6) is -1.09. The standard InChI is InChI=1S/C36H50N12O29P4/c37-17-1-5-45(33(54)41-17)29-22(50)21(49)13(71-29)9-68-79(61,62)76-27-15(73-31(24(27)52)47-7-3-19(39)43-35(47)56)11-70-81(65,66)77-28-16(74-32(25(28)53)48-8-4-20(40)44-36(48)57)12-69-80(63,64)75-26-14(10-67-78(58,59)60)72-30(23(26)51)46-6-2-18(38)42-34(46)55/h1-8,13-16,21-32,49-53H,9-12H2,(H,61,62)(H,63,64)(H,65,66)(H2,37,41,54)(H2,38,42,55)(H2,39,43,56)(H2,40,44,57)(H2,58,59,60). The van der Waals surface area contributed by atoms with Crippen molar-refractivity contribution in [1.82, 2.24) is 38.2 Å². The van der Waals surface area contributed by atoms with E-state index in [1.807, 2.05) is 0 Å². The van der Waals surface area contributed by atoms with Crippen LogP contribution in [0.2, 0.25) is 0 Å². The molecule has 4 fully saturated rings. The molecule has 8 rings (SSSR count). The van der Waals surface area contributed by atoms with Gasteiger partial charge in [-0.2, -0.15) is 19.9 Å². The van der Waals surface area contributed by atoms with Gasteiger partial charge in [0.05, 0.1) is 26.4 Å². The third-order valence-corrected chi connectivity index (χ3v) is 15.6. The summed E-state index contributed by atoms with van der Waals surface area (Å²) in [6, 6.07) is 4.38. The van der Waals surface area contributed by atoms with Gasteiger partial charge in [0.15, 0.2) is 24.9 Å². The number of hydrogen-bond acceptors (Lipinski definition) is 32. The molecule has 4 aliphatic rings. The number of aliphatic hydroxyl groups excluding tert-OH is 5. The first-order valence-electron chi connectivity index (χ1n) is 22.9. The van der Waals surface area contributed by atoms with Crippen LogP contribution in [0.15, 0.2) is 68.2 Å². The Hall–Kier alpha value is -5.20. The molecule has 4 aromatic rings. The first-order valence-corrected chi connectivity index (χ1v) is 28.9. The van der Waals surface area contributed by atoms with Gasteiger partial charge in [-0.3, -0.25) is 49.9 Å². The van der Waals surface area contributed by atoms with Crippen LogP contribution in [-0.4, -0.2) is 188 Å². The molecule has 19 unspecified atom stereocenters. The second kappa shape index (κ2) is 24.2. The summed E-state index contributed by atoms with van der Waals surface area (Å²) in [7, 11) is -22.4. The van der Waals surface area contributed by atoms with E-state index in [1.54, 1.807) is 0 Å². The van der Waals surface area contributed by atoms with Gasteiger partial charge in [-0.25, -0.2) is 37.4 Å². The van der Waals surface area contributed by atoms with Gasteiger partial charge in [0.25, 0.3) is 0 Å².